The molecule has 0 saturated heterocycles. The summed E-state index contributed by atoms with van der Waals surface area (Å²) in [6.07, 6.45) is 3.77. The van der Waals surface area contributed by atoms with Gasteiger partial charge in [0, 0.05) is 13.2 Å². The second kappa shape index (κ2) is 5.48. The van der Waals surface area contributed by atoms with E-state index in [1.165, 1.54) is 0 Å². The van der Waals surface area contributed by atoms with Crippen molar-refractivity contribution in [3.05, 3.63) is 23.7 Å². The van der Waals surface area contributed by atoms with Crippen molar-refractivity contribution in [1.82, 2.24) is 5.32 Å². The van der Waals surface area contributed by atoms with Gasteiger partial charge < -0.3 is 19.6 Å². The normalized spacial score (nSPS) is 25.1. The van der Waals surface area contributed by atoms with Crippen LogP contribution in [-0.2, 0) is 17.9 Å². The molecule has 4 nitrogen and oxygen atoms in total. The lowest BCUT2D eigenvalue weighted by atomic mass is 10.2. The highest BCUT2D eigenvalue weighted by Crippen LogP contribution is 2.21. The summed E-state index contributed by atoms with van der Waals surface area (Å²) in [4.78, 5) is 0. The molecule has 1 saturated carbocycles. The summed E-state index contributed by atoms with van der Waals surface area (Å²) in [5, 5.41) is 12.3. The van der Waals surface area contributed by atoms with E-state index >= 15 is 0 Å². The SMILES string of the molecule is COC1CCC(NCc2ccc(CO)o2)C1. The third-order valence-corrected chi connectivity index (χ3v) is 3.16. The minimum Gasteiger partial charge on any atom is -0.462 e. The summed E-state index contributed by atoms with van der Waals surface area (Å²) in [7, 11) is 1.77. The quantitative estimate of drug-likeness (QED) is 0.796. The molecule has 1 heterocycles. The van der Waals surface area contributed by atoms with E-state index in [-0.39, 0.29) is 6.61 Å². The van der Waals surface area contributed by atoms with E-state index in [1.807, 2.05) is 12.1 Å². The lowest BCUT2D eigenvalue weighted by Crippen LogP contribution is -2.26. The molecule has 1 aliphatic rings. The average Bonchev–Trinajstić information content (AvgIpc) is 2.95. The first-order chi connectivity index (χ1) is 7.81. The number of hydrogen-bond acceptors (Lipinski definition) is 4. The molecule has 1 fully saturated rings. The smallest absolute Gasteiger partial charge is 0.129 e. The lowest BCUT2D eigenvalue weighted by molar-refractivity contribution is 0.107. The molecule has 1 aromatic heterocycles. The number of aliphatic hydroxyl groups is 1. The Morgan fingerprint density at radius 2 is 2.25 bits per heavy atom. The highest BCUT2D eigenvalue weighted by molar-refractivity contribution is 5.06. The number of methoxy groups -OCH3 is 1. The maximum atomic E-state index is 8.87. The molecule has 2 unspecified atom stereocenters. The van der Waals surface area contributed by atoms with Crippen LogP contribution >= 0.6 is 0 Å². The van der Waals surface area contributed by atoms with Crippen LogP contribution in [0.1, 0.15) is 30.8 Å². The monoisotopic (exact) mass is 225 g/mol. The highest BCUT2D eigenvalue weighted by atomic mass is 16.5. The fourth-order valence-corrected chi connectivity index (χ4v) is 2.19. The lowest BCUT2D eigenvalue weighted by Gasteiger charge is -2.11. The van der Waals surface area contributed by atoms with E-state index < -0.39 is 0 Å². The fraction of sp³-hybridized carbons (Fsp3) is 0.667. The van der Waals surface area contributed by atoms with Gasteiger partial charge in [-0.25, -0.2) is 0 Å². The van der Waals surface area contributed by atoms with Gasteiger partial charge in [0.2, 0.25) is 0 Å². The second-order valence-corrected chi connectivity index (χ2v) is 4.27. The number of hydrogen-bond donors (Lipinski definition) is 2. The maximum Gasteiger partial charge on any atom is 0.129 e. The van der Waals surface area contributed by atoms with Crippen LogP contribution in [0.15, 0.2) is 16.5 Å². The topological polar surface area (TPSA) is 54.6 Å². The predicted octanol–water partition coefficient (Wildman–Crippen LogP) is 1.43. The van der Waals surface area contributed by atoms with E-state index in [9.17, 15) is 0 Å². The standard InChI is InChI=1S/C12H19NO3/c1-15-10-3-2-9(6-10)13-7-11-4-5-12(8-14)16-11/h4-5,9-10,13-14H,2-3,6-8H2,1H3. The zero-order chi connectivity index (χ0) is 11.4. The molecule has 2 atom stereocenters. The molecule has 0 radical (unpaired) electrons. The maximum absolute atomic E-state index is 8.87. The molecule has 1 aromatic rings. The summed E-state index contributed by atoms with van der Waals surface area (Å²) >= 11 is 0. The van der Waals surface area contributed by atoms with Gasteiger partial charge in [0.1, 0.15) is 18.1 Å². The van der Waals surface area contributed by atoms with Gasteiger partial charge in [0.05, 0.1) is 12.6 Å². The van der Waals surface area contributed by atoms with E-state index in [0.717, 1.165) is 31.6 Å². The van der Waals surface area contributed by atoms with Gasteiger partial charge in [-0.05, 0) is 31.4 Å². The molecule has 16 heavy (non-hydrogen) atoms. The van der Waals surface area contributed by atoms with Gasteiger partial charge in [-0.3, -0.25) is 0 Å². The van der Waals surface area contributed by atoms with Gasteiger partial charge in [-0.2, -0.15) is 0 Å². The number of rotatable bonds is 5. The van der Waals surface area contributed by atoms with Crippen molar-refractivity contribution in [3.8, 4) is 0 Å². The minimum absolute atomic E-state index is 0.0326. The molecule has 0 bridgehead atoms. The predicted molar refractivity (Wildman–Crippen MR) is 59.9 cm³/mol. The summed E-state index contributed by atoms with van der Waals surface area (Å²) in [6, 6.07) is 4.23. The van der Waals surface area contributed by atoms with Crippen LogP contribution < -0.4 is 5.32 Å². The van der Waals surface area contributed by atoms with E-state index in [1.54, 1.807) is 7.11 Å². The molecule has 2 rings (SSSR count). The number of nitrogens with one attached hydrogen (secondary N) is 1. The Balaban J connectivity index is 1.75. The molecular formula is C12H19NO3. The third kappa shape index (κ3) is 2.84. The van der Waals surface area contributed by atoms with Crippen LogP contribution in [0.4, 0.5) is 0 Å². The van der Waals surface area contributed by atoms with Crippen LogP contribution in [0, 0.1) is 0 Å². The Hall–Kier alpha value is -0.840. The van der Waals surface area contributed by atoms with Crippen LogP contribution in [-0.4, -0.2) is 24.4 Å². The van der Waals surface area contributed by atoms with Crippen molar-refractivity contribution in [3.63, 3.8) is 0 Å². The zero-order valence-corrected chi connectivity index (χ0v) is 9.61. The zero-order valence-electron chi connectivity index (χ0n) is 9.61. The first-order valence-electron chi connectivity index (χ1n) is 5.76. The van der Waals surface area contributed by atoms with Crippen molar-refractivity contribution >= 4 is 0 Å². The molecule has 0 aliphatic heterocycles. The van der Waals surface area contributed by atoms with Crippen molar-refractivity contribution in [2.45, 2.75) is 44.6 Å². The summed E-state index contributed by atoms with van der Waals surface area (Å²) in [5.74, 6) is 1.50. The molecule has 0 amide bonds. The van der Waals surface area contributed by atoms with Crippen LogP contribution in [0.5, 0.6) is 0 Å². The summed E-state index contributed by atoms with van der Waals surface area (Å²) < 4.78 is 10.7. The fourth-order valence-electron chi connectivity index (χ4n) is 2.19. The van der Waals surface area contributed by atoms with Gasteiger partial charge >= 0.3 is 0 Å². The molecule has 0 aromatic carbocycles. The molecule has 2 N–H and O–H groups in total. The van der Waals surface area contributed by atoms with Crippen molar-refractivity contribution in [2.24, 2.45) is 0 Å². The summed E-state index contributed by atoms with van der Waals surface area (Å²) in [6.45, 7) is 0.691. The molecule has 90 valence electrons. The Morgan fingerprint density at radius 1 is 1.44 bits per heavy atom. The van der Waals surface area contributed by atoms with Crippen LogP contribution in [0.25, 0.3) is 0 Å². The molecular weight excluding hydrogens is 206 g/mol. The summed E-state index contributed by atoms with van der Waals surface area (Å²) in [5.41, 5.74) is 0. The Bertz CT molecular complexity index is 324. The second-order valence-electron chi connectivity index (χ2n) is 4.27. The van der Waals surface area contributed by atoms with Gasteiger partial charge in [-0.15, -0.1) is 0 Å². The first kappa shape index (κ1) is 11.6. The molecule has 1 aliphatic carbocycles. The largest absolute Gasteiger partial charge is 0.462 e. The van der Waals surface area contributed by atoms with E-state index in [0.29, 0.717) is 17.9 Å². The van der Waals surface area contributed by atoms with E-state index in [2.05, 4.69) is 5.32 Å². The number of furan rings is 1. The van der Waals surface area contributed by atoms with Crippen molar-refractivity contribution in [2.75, 3.05) is 7.11 Å². The van der Waals surface area contributed by atoms with Crippen LogP contribution in [0.2, 0.25) is 0 Å². The number of aliphatic hydroxyl groups excluding tert-OH is 1. The first-order valence-corrected chi connectivity index (χ1v) is 5.76. The Kier molecular flexibility index (Phi) is 3.98. The average molecular weight is 225 g/mol. The Labute approximate surface area is 95.6 Å². The van der Waals surface area contributed by atoms with Gasteiger partial charge in [-0.1, -0.05) is 0 Å². The third-order valence-electron chi connectivity index (χ3n) is 3.16. The van der Waals surface area contributed by atoms with Gasteiger partial charge in [0.15, 0.2) is 0 Å². The molecule has 0 spiro atoms. The van der Waals surface area contributed by atoms with Crippen molar-refractivity contribution in [1.29, 1.82) is 0 Å². The Morgan fingerprint density at radius 3 is 2.88 bits per heavy atom. The molecule has 4 heteroatoms. The van der Waals surface area contributed by atoms with E-state index in [4.69, 9.17) is 14.3 Å². The van der Waals surface area contributed by atoms with Crippen molar-refractivity contribution < 1.29 is 14.3 Å². The van der Waals surface area contributed by atoms with Crippen LogP contribution in [0.3, 0.4) is 0 Å². The van der Waals surface area contributed by atoms with Gasteiger partial charge in [0.25, 0.3) is 0 Å². The minimum atomic E-state index is -0.0326. The highest BCUT2D eigenvalue weighted by Gasteiger charge is 2.23. The number of ether oxygens (including phenoxy) is 1.